The molecule has 0 radical (unpaired) electrons. The predicted octanol–water partition coefficient (Wildman–Crippen LogP) is 1.21. The van der Waals surface area contributed by atoms with Crippen LogP contribution in [0.4, 0.5) is 10.5 Å². The molecular formula is C13H15N3O4S. The molecule has 2 heterocycles. The van der Waals surface area contributed by atoms with E-state index in [1.807, 2.05) is 0 Å². The van der Waals surface area contributed by atoms with Gasteiger partial charge in [0.15, 0.2) is 0 Å². The fourth-order valence-corrected chi connectivity index (χ4v) is 2.70. The van der Waals surface area contributed by atoms with Crippen LogP contribution in [0.1, 0.15) is 12.1 Å². The minimum Gasteiger partial charge on any atom is -0.481 e. The lowest BCUT2D eigenvalue weighted by Gasteiger charge is -2.13. The molecular weight excluding hydrogens is 294 g/mol. The molecule has 1 aliphatic rings. The molecule has 0 aliphatic carbocycles. The summed E-state index contributed by atoms with van der Waals surface area (Å²) >= 11 is 1.26. The number of nitrogens with zero attached hydrogens (tertiary/aromatic N) is 2. The van der Waals surface area contributed by atoms with Crippen LogP contribution in [0.5, 0.6) is 0 Å². The third kappa shape index (κ3) is 4.75. The van der Waals surface area contributed by atoms with Crippen LogP contribution in [-0.4, -0.2) is 50.9 Å². The number of amides is 2. The molecule has 8 heteroatoms. The summed E-state index contributed by atoms with van der Waals surface area (Å²) in [4.78, 5) is 39.3. The molecule has 112 valence electrons. The van der Waals surface area contributed by atoms with Gasteiger partial charge in [0.25, 0.3) is 5.24 Å². The number of hydrogen-bond donors (Lipinski definition) is 2. The third-order valence-corrected chi connectivity index (χ3v) is 3.79. The van der Waals surface area contributed by atoms with Gasteiger partial charge in [-0.1, -0.05) is 11.8 Å². The number of carboxylic acids is 1. The summed E-state index contributed by atoms with van der Waals surface area (Å²) in [6.07, 6.45) is 1.50. The van der Waals surface area contributed by atoms with Crippen molar-refractivity contribution in [2.75, 3.05) is 24.2 Å². The fourth-order valence-electron chi connectivity index (χ4n) is 1.85. The number of rotatable bonds is 6. The van der Waals surface area contributed by atoms with E-state index in [4.69, 9.17) is 5.11 Å². The van der Waals surface area contributed by atoms with E-state index in [1.54, 1.807) is 17.0 Å². The molecule has 21 heavy (non-hydrogen) atoms. The number of carboxylic acid groups (broad SMARTS) is 1. The lowest BCUT2D eigenvalue weighted by molar-refractivity contribution is -0.136. The van der Waals surface area contributed by atoms with Gasteiger partial charge in [-0.2, -0.15) is 0 Å². The highest BCUT2D eigenvalue weighted by Gasteiger charge is 2.21. The van der Waals surface area contributed by atoms with Gasteiger partial charge in [-0.3, -0.25) is 19.4 Å². The molecule has 0 saturated carbocycles. The highest BCUT2D eigenvalue weighted by molar-refractivity contribution is 8.13. The maximum absolute atomic E-state index is 11.8. The minimum absolute atomic E-state index is 0.0162. The number of nitrogens with one attached hydrogen (secondary N) is 1. The standard InChI is InChI=1S/C13H15N3O4S/c17-11(3-4-16-5-6-21-13(16)20)15-10-2-1-9(14-8-10)7-12(18)19/h1-2,8H,3-7H2,(H,15,17)(H,18,19). The predicted molar refractivity (Wildman–Crippen MR) is 78.3 cm³/mol. The summed E-state index contributed by atoms with van der Waals surface area (Å²) in [5, 5.41) is 11.3. The first kappa shape index (κ1) is 15.3. The van der Waals surface area contributed by atoms with E-state index >= 15 is 0 Å². The van der Waals surface area contributed by atoms with E-state index < -0.39 is 5.97 Å². The van der Waals surface area contributed by atoms with Crippen molar-refractivity contribution in [3.63, 3.8) is 0 Å². The molecule has 0 bridgehead atoms. The summed E-state index contributed by atoms with van der Waals surface area (Å²) in [6, 6.07) is 3.17. The Bertz CT molecular complexity index is 547. The average molecular weight is 309 g/mol. The SMILES string of the molecule is O=C(O)Cc1ccc(NC(=O)CCN2CCSC2=O)cn1. The van der Waals surface area contributed by atoms with Crippen molar-refractivity contribution in [3.8, 4) is 0 Å². The Kier molecular flexibility index (Phi) is 5.15. The Morgan fingerprint density at radius 3 is 2.81 bits per heavy atom. The molecule has 1 fully saturated rings. The number of pyridine rings is 1. The molecule has 0 spiro atoms. The molecule has 1 saturated heterocycles. The topological polar surface area (TPSA) is 99.6 Å². The first-order chi connectivity index (χ1) is 10.0. The van der Waals surface area contributed by atoms with Crippen LogP contribution in [-0.2, 0) is 16.0 Å². The Labute approximate surface area is 125 Å². The maximum atomic E-state index is 11.8. The number of carbonyl (C=O) groups is 3. The second kappa shape index (κ2) is 7.07. The first-order valence-corrected chi connectivity index (χ1v) is 7.41. The molecule has 1 aromatic rings. The van der Waals surface area contributed by atoms with E-state index in [0.717, 1.165) is 5.75 Å². The number of aromatic nitrogens is 1. The summed E-state index contributed by atoms with van der Waals surface area (Å²) in [5.74, 6) is -0.380. The second-order valence-electron chi connectivity index (χ2n) is 4.51. The molecule has 0 unspecified atom stereocenters. The van der Waals surface area contributed by atoms with Crippen LogP contribution in [0.25, 0.3) is 0 Å². The Hall–Kier alpha value is -2.09. The van der Waals surface area contributed by atoms with Crippen molar-refractivity contribution in [2.45, 2.75) is 12.8 Å². The lowest BCUT2D eigenvalue weighted by Crippen LogP contribution is -2.27. The zero-order valence-electron chi connectivity index (χ0n) is 11.2. The largest absolute Gasteiger partial charge is 0.481 e. The highest BCUT2D eigenvalue weighted by Crippen LogP contribution is 2.17. The molecule has 0 aromatic carbocycles. The first-order valence-electron chi connectivity index (χ1n) is 6.43. The van der Waals surface area contributed by atoms with Crippen molar-refractivity contribution < 1.29 is 19.5 Å². The van der Waals surface area contributed by atoms with Gasteiger partial charge in [0.2, 0.25) is 5.91 Å². The van der Waals surface area contributed by atoms with E-state index in [9.17, 15) is 14.4 Å². The van der Waals surface area contributed by atoms with Crippen molar-refractivity contribution in [2.24, 2.45) is 0 Å². The number of anilines is 1. The van der Waals surface area contributed by atoms with E-state index in [1.165, 1.54) is 18.0 Å². The van der Waals surface area contributed by atoms with E-state index in [2.05, 4.69) is 10.3 Å². The quantitative estimate of drug-likeness (QED) is 0.819. The number of carbonyl (C=O) groups excluding carboxylic acids is 2. The smallest absolute Gasteiger partial charge is 0.309 e. The van der Waals surface area contributed by atoms with Crippen molar-refractivity contribution >= 4 is 34.6 Å². The van der Waals surface area contributed by atoms with Gasteiger partial charge >= 0.3 is 5.97 Å². The summed E-state index contributed by atoms with van der Waals surface area (Å²) in [6.45, 7) is 1.09. The maximum Gasteiger partial charge on any atom is 0.309 e. The fraction of sp³-hybridized carbons (Fsp3) is 0.385. The van der Waals surface area contributed by atoms with Crippen molar-refractivity contribution in [3.05, 3.63) is 24.0 Å². The highest BCUT2D eigenvalue weighted by atomic mass is 32.2. The van der Waals surface area contributed by atoms with Crippen LogP contribution in [0.15, 0.2) is 18.3 Å². The monoisotopic (exact) mass is 309 g/mol. The van der Waals surface area contributed by atoms with Crippen LogP contribution in [0.3, 0.4) is 0 Å². The van der Waals surface area contributed by atoms with Crippen LogP contribution in [0.2, 0.25) is 0 Å². The third-order valence-electron chi connectivity index (χ3n) is 2.89. The molecule has 2 rings (SSSR count). The number of thioether (sulfide) groups is 1. The zero-order valence-corrected chi connectivity index (χ0v) is 12.1. The normalized spacial score (nSPS) is 14.3. The van der Waals surface area contributed by atoms with Gasteiger partial charge in [-0.25, -0.2) is 0 Å². The van der Waals surface area contributed by atoms with Gasteiger partial charge in [0.1, 0.15) is 0 Å². The Morgan fingerprint density at radius 1 is 1.43 bits per heavy atom. The van der Waals surface area contributed by atoms with Gasteiger partial charge in [0.05, 0.1) is 24.0 Å². The second-order valence-corrected chi connectivity index (χ2v) is 5.55. The van der Waals surface area contributed by atoms with Crippen LogP contribution >= 0.6 is 11.8 Å². The molecule has 7 nitrogen and oxygen atoms in total. The minimum atomic E-state index is -0.951. The summed E-state index contributed by atoms with van der Waals surface area (Å²) < 4.78 is 0. The number of hydrogen-bond acceptors (Lipinski definition) is 5. The molecule has 1 aliphatic heterocycles. The Morgan fingerprint density at radius 2 is 2.24 bits per heavy atom. The van der Waals surface area contributed by atoms with E-state index in [-0.39, 0.29) is 24.0 Å². The Balaban J connectivity index is 1.79. The van der Waals surface area contributed by atoms with Crippen LogP contribution in [0, 0.1) is 0 Å². The molecule has 2 N–H and O–H groups in total. The summed E-state index contributed by atoms with van der Waals surface area (Å²) in [7, 11) is 0. The van der Waals surface area contributed by atoms with Gasteiger partial charge in [0, 0.05) is 25.3 Å². The van der Waals surface area contributed by atoms with Crippen LogP contribution < -0.4 is 5.32 Å². The average Bonchev–Trinajstić information content (AvgIpc) is 2.84. The van der Waals surface area contributed by atoms with Crippen molar-refractivity contribution in [1.82, 2.24) is 9.88 Å². The number of aliphatic carboxylic acids is 1. The molecule has 2 amide bonds. The molecule has 0 atom stereocenters. The zero-order chi connectivity index (χ0) is 15.2. The van der Waals surface area contributed by atoms with E-state index in [0.29, 0.717) is 24.5 Å². The summed E-state index contributed by atoms with van der Waals surface area (Å²) in [5.41, 5.74) is 0.941. The van der Waals surface area contributed by atoms with Gasteiger partial charge < -0.3 is 15.3 Å². The lowest BCUT2D eigenvalue weighted by atomic mass is 10.2. The molecule has 1 aromatic heterocycles. The van der Waals surface area contributed by atoms with Crippen molar-refractivity contribution in [1.29, 1.82) is 0 Å². The van der Waals surface area contributed by atoms with Gasteiger partial charge in [-0.05, 0) is 12.1 Å². The van der Waals surface area contributed by atoms with Gasteiger partial charge in [-0.15, -0.1) is 0 Å².